The summed E-state index contributed by atoms with van der Waals surface area (Å²) in [5.41, 5.74) is -0.543. The van der Waals surface area contributed by atoms with Crippen LogP contribution in [0.4, 0.5) is 0 Å². The largest absolute Gasteiger partial charge is 0.495 e. The topological polar surface area (TPSA) is 84.9 Å². The highest BCUT2D eigenvalue weighted by molar-refractivity contribution is 8.00. The molecule has 0 radical (unpaired) electrons. The van der Waals surface area contributed by atoms with E-state index in [2.05, 4.69) is 5.32 Å². The first-order chi connectivity index (χ1) is 13.2. The van der Waals surface area contributed by atoms with E-state index in [9.17, 15) is 14.4 Å². The Kier molecular flexibility index (Phi) is 6.04. The first kappa shape index (κ1) is 20.7. The van der Waals surface area contributed by atoms with Gasteiger partial charge in [0.1, 0.15) is 22.8 Å². The third-order valence-electron chi connectivity index (χ3n) is 4.08. The van der Waals surface area contributed by atoms with E-state index >= 15 is 0 Å². The zero-order valence-corrected chi connectivity index (χ0v) is 17.9. The van der Waals surface area contributed by atoms with Crippen LogP contribution in [0.2, 0.25) is 0 Å². The molecule has 1 fully saturated rings. The Morgan fingerprint density at radius 1 is 1.36 bits per heavy atom. The fourth-order valence-electron chi connectivity index (χ4n) is 2.99. The zero-order valence-electron chi connectivity index (χ0n) is 16.3. The van der Waals surface area contributed by atoms with Gasteiger partial charge in [-0.15, -0.1) is 23.1 Å². The van der Waals surface area contributed by atoms with Crippen LogP contribution in [0.3, 0.4) is 0 Å². The van der Waals surface area contributed by atoms with Crippen LogP contribution in [-0.2, 0) is 30.3 Å². The number of esters is 1. The average molecular weight is 425 g/mol. The van der Waals surface area contributed by atoms with Gasteiger partial charge in [0.2, 0.25) is 5.91 Å². The van der Waals surface area contributed by atoms with Crippen LogP contribution in [0.25, 0.3) is 0 Å². The SMILES string of the molecule is CCOC1=C(C(=O)OC(C)(C)C)N2C(=O)C(NC(=O)Cc3cccs3)[C@H]2SC1. The van der Waals surface area contributed by atoms with E-state index in [4.69, 9.17) is 9.47 Å². The van der Waals surface area contributed by atoms with Crippen molar-refractivity contribution in [2.24, 2.45) is 0 Å². The number of ether oxygens (including phenoxy) is 2. The lowest BCUT2D eigenvalue weighted by Gasteiger charge is -2.49. The molecular weight excluding hydrogens is 400 g/mol. The Hall–Kier alpha value is -2.00. The smallest absolute Gasteiger partial charge is 0.359 e. The molecule has 3 heterocycles. The summed E-state index contributed by atoms with van der Waals surface area (Å²) in [4.78, 5) is 40.1. The molecular formula is C19H24N2O5S2. The molecule has 2 aliphatic heterocycles. The lowest BCUT2D eigenvalue weighted by atomic mass is 10.0. The number of hydrogen-bond donors (Lipinski definition) is 1. The summed E-state index contributed by atoms with van der Waals surface area (Å²) in [5.74, 6) is -0.240. The van der Waals surface area contributed by atoms with Crippen LogP contribution in [0.5, 0.6) is 0 Å². The molecule has 0 aliphatic carbocycles. The molecule has 1 N–H and O–H groups in total. The van der Waals surface area contributed by atoms with Gasteiger partial charge < -0.3 is 14.8 Å². The van der Waals surface area contributed by atoms with Gasteiger partial charge in [-0.05, 0) is 39.1 Å². The van der Waals surface area contributed by atoms with Gasteiger partial charge in [-0.25, -0.2) is 4.79 Å². The number of amides is 2. The molecule has 1 aromatic heterocycles. The molecule has 1 aromatic rings. The molecule has 2 aliphatic rings. The lowest BCUT2D eigenvalue weighted by Crippen LogP contribution is -2.70. The molecule has 0 saturated carbocycles. The van der Waals surface area contributed by atoms with Crippen molar-refractivity contribution in [3.05, 3.63) is 33.8 Å². The van der Waals surface area contributed by atoms with Crippen molar-refractivity contribution >= 4 is 40.9 Å². The number of rotatable bonds is 6. The number of carbonyl (C=O) groups excluding carboxylic acids is 3. The Morgan fingerprint density at radius 2 is 2.11 bits per heavy atom. The molecule has 152 valence electrons. The van der Waals surface area contributed by atoms with Crippen molar-refractivity contribution in [2.75, 3.05) is 12.4 Å². The number of carbonyl (C=O) groups is 3. The van der Waals surface area contributed by atoms with Crippen LogP contribution in [0.1, 0.15) is 32.6 Å². The van der Waals surface area contributed by atoms with Gasteiger partial charge in [0.15, 0.2) is 5.70 Å². The number of fused-ring (bicyclic) bond motifs is 1. The van der Waals surface area contributed by atoms with Gasteiger partial charge >= 0.3 is 5.97 Å². The molecule has 0 bridgehead atoms. The first-order valence-corrected chi connectivity index (χ1v) is 11.0. The van der Waals surface area contributed by atoms with Crippen molar-refractivity contribution in [3.63, 3.8) is 0 Å². The minimum absolute atomic E-state index is 0.147. The number of hydrogen-bond acceptors (Lipinski definition) is 7. The van der Waals surface area contributed by atoms with Crippen LogP contribution in [-0.4, -0.2) is 52.1 Å². The van der Waals surface area contributed by atoms with Gasteiger partial charge in [0.05, 0.1) is 18.8 Å². The van der Waals surface area contributed by atoms with Gasteiger partial charge in [-0.3, -0.25) is 14.5 Å². The number of nitrogens with zero attached hydrogens (tertiary/aromatic N) is 1. The quantitative estimate of drug-likeness (QED) is 0.557. The highest BCUT2D eigenvalue weighted by Crippen LogP contribution is 2.41. The normalized spacial score (nSPS) is 21.7. The maximum absolute atomic E-state index is 12.8. The molecule has 0 spiro atoms. The summed E-state index contributed by atoms with van der Waals surface area (Å²) in [6, 6.07) is 3.11. The second kappa shape index (κ2) is 8.16. The van der Waals surface area contributed by atoms with Crippen molar-refractivity contribution in [2.45, 2.75) is 51.1 Å². The summed E-state index contributed by atoms with van der Waals surface area (Å²) in [6.07, 6.45) is 0.234. The molecule has 1 saturated heterocycles. The second-order valence-corrected chi connectivity index (χ2v) is 9.56. The van der Waals surface area contributed by atoms with Crippen LogP contribution >= 0.6 is 23.1 Å². The summed E-state index contributed by atoms with van der Waals surface area (Å²) in [5, 5.41) is 4.36. The van der Waals surface area contributed by atoms with E-state index in [1.165, 1.54) is 28.0 Å². The number of thiophene rings is 1. The fraction of sp³-hybridized carbons (Fsp3) is 0.526. The average Bonchev–Trinajstić information content (AvgIpc) is 3.10. The fourth-order valence-corrected chi connectivity index (χ4v) is 4.97. The van der Waals surface area contributed by atoms with Crippen molar-refractivity contribution in [1.29, 1.82) is 0 Å². The molecule has 1 unspecified atom stereocenters. The van der Waals surface area contributed by atoms with E-state index in [1.807, 2.05) is 24.4 Å². The Bertz CT molecular complexity index is 798. The third-order valence-corrected chi connectivity index (χ3v) is 6.21. The van der Waals surface area contributed by atoms with E-state index in [0.717, 1.165) is 4.88 Å². The number of thioether (sulfide) groups is 1. The van der Waals surface area contributed by atoms with Crippen molar-refractivity contribution < 1.29 is 23.9 Å². The second-order valence-electron chi connectivity index (χ2n) is 7.42. The van der Waals surface area contributed by atoms with Gasteiger partial charge in [0.25, 0.3) is 5.91 Å². The van der Waals surface area contributed by atoms with Crippen LogP contribution in [0, 0.1) is 0 Å². The van der Waals surface area contributed by atoms with E-state index in [-0.39, 0.29) is 29.3 Å². The van der Waals surface area contributed by atoms with Crippen molar-refractivity contribution in [3.8, 4) is 0 Å². The van der Waals surface area contributed by atoms with E-state index in [1.54, 1.807) is 20.8 Å². The first-order valence-electron chi connectivity index (χ1n) is 9.07. The molecule has 0 aromatic carbocycles. The molecule has 28 heavy (non-hydrogen) atoms. The standard InChI is InChI=1S/C19H24N2O5S2/c1-5-25-12-10-28-17-14(20-13(22)9-11-7-6-8-27-11)16(23)21(17)15(12)18(24)26-19(2,3)4/h6-8,14,17H,5,9-10H2,1-4H3,(H,20,22)/t14?,17-/m1/s1. The maximum Gasteiger partial charge on any atom is 0.359 e. The lowest BCUT2D eigenvalue weighted by molar-refractivity contribution is -0.159. The minimum atomic E-state index is -0.691. The Morgan fingerprint density at radius 3 is 2.71 bits per heavy atom. The van der Waals surface area contributed by atoms with E-state index in [0.29, 0.717) is 18.1 Å². The van der Waals surface area contributed by atoms with Crippen molar-refractivity contribution in [1.82, 2.24) is 10.2 Å². The zero-order chi connectivity index (χ0) is 20.5. The Balaban J connectivity index is 1.74. The number of β-lactam (4-membered cyclic amide) rings is 1. The molecule has 9 heteroatoms. The predicted molar refractivity (Wildman–Crippen MR) is 108 cm³/mol. The van der Waals surface area contributed by atoms with Crippen LogP contribution in [0.15, 0.2) is 29.0 Å². The summed E-state index contributed by atoms with van der Waals surface area (Å²) in [7, 11) is 0. The maximum atomic E-state index is 12.8. The Labute approximate surface area is 172 Å². The minimum Gasteiger partial charge on any atom is -0.495 e. The molecule has 2 atom stereocenters. The summed E-state index contributed by atoms with van der Waals surface area (Å²) in [6.45, 7) is 7.52. The molecule has 3 rings (SSSR count). The third kappa shape index (κ3) is 4.35. The summed E-state index contributed by atoms with van der Waals surface area (Å²) < 4.78 is 11.1. The van der Waals surface area contributed by atoms with Crippen LogP contribution < -0.4 is 5.32 Å². The van der Waals surface area contributed by atoms with Gasteiger partial charge in [-0.1, -0.05) is 6.07 Å². The highest BCUT2D eigenvalue weighted by Gasteiger charge is 2.55. The highest BCUT2D eigenvalue weighted by atomic mass is 32.2. The van der Waals surface area contributed by atoms with Gasteiger partial charge in [0, 0.05) is 4.88 Å². The predicted octanol–water partition coefficient (Wildman–Crippen LogP) is 2.28. The van der Waals surface area contributed by atoms with Gasteiger partial charge in [-0.2, -0.15) is 0 Å². The monoisotopic (exact) mass is 424 g/mol. The molecule has 2 amide bonds. The number of nitrogens with one attached hydrogen (secondary N) is 1. The molecule has 7 nitrogen and oxygen atoms in total. The summed E-state index contributed by atoms with van der Waals surface area (Å²) >= 11 is 2.96. The van der Waals surface area contributed by atoms with E-state index < -0.39 is 17.6 Å².